The van der Waals surface area contributed by atoms with Gasteiger partial charge in [-0.2, -0.15) is 5.10 Å². The van der Waals surface area contributed by atoms with Gasteiger partial charge in [0.2, 0.25) is 0 Å². The van der Waals surface area contributed by atoms with E-state index < -0.39 is 0 Å². The summed E-state index contributed by atoms with van der Waals surface area (Å²) in [5.74, 6) is 0. The quantitative estimate of drug-likeness (QED) is 0.725. The molecular weight excluding hydrogens is 186 g/mol. The molecule has 0 saturated carbocycles. The smallest absolute Gasteiger partial charge is 0.0492 e. The molecule has 1 aromatic rings. The van der Waals surface area contributed by atoms with Gasteiger partial charge in [0, 0.05) is 44.0 Å². The molecule has 72 valence electrons. The van der Waals surface area contributed by atoms with Crippen molar-refractivity contribution in [3.05, 3.63) is 29.6 Å². The van der Waals surface area contributed by atoms with Crippen molar-refractivity contribution < 1.29 is 0 Å². The molecule has 1 N–H and O–H groups in total. The summed E-state index contributed by atoms with van der Waals surface area (Å²) >= 11 is 5.37. The molecule has 3 nitrogen and oxygen atoms in total. The second kappa shape index (κ2) is 5.78. The Balaban J connectivity index is 2.16. The fourth-order valence-electron chi connectivity index (χ4n) is 1.09. The van der Waals surface area contributed by atoms with Crippen molar-refractivity contribution in [2.24, 2.45) is 7.05 Å². The summed E-state index contributed by atoms with van der Waals surface area (Å²) in [7, 11) is 1.95. The van der Waals surface area contributed by atoms with Crippen LogP contribution in [0.5, 0.6) is 0 Å². The fourth-order valence-corrected chi connectivity index (χ4v) is 1.18. The maximum atomic E-state index is 5.37. The molecule has 0 amide bonds. The molecule has 0 aliphatic heterocycles. The molecule has 0 spiro atoms. The third kappa shape index (κ3) is 3.61. The van der Waals surface area contributed by atoms with Crippen molar-refractivity contribution in [1.29, 1.82) is 0 Å². The average Bonchev–Trinajstić information content (AvgIpc) is 2.52. The van der Waals surface area contributed by atoms with E-state index >= 15 is 0 Å². The van der Waals surface area contributed by atoms with Gasteiger partial charge in [0.1, 0.15) is 0 Å². The van der Waals surface area contributed by atoms with Gasteiger partial charge in [-0.3, -0.25) is 4.68 Å². The summed E-state index contributed by atoms with van der Waals surface area (Å²) in [6, 6.07) is 2.03. The molecule has 4 heteroatoms. The molecule has 0 aliphatic rings. The molecule has 0 radical (unpaired) electrons. The summed E-state index contributed by atoms with van der Waals surface area (Å²) in [6.07, 6.45) is 4.69. The van der Waals surface area contributed by atoms with Gasteiger partial charge in [-0.1, -0.05) is 17.7 Å². The van der Waals surface area contributed by atoms with E-state index in [0.717, 1.165) is 19.5 Å². The van der Waals surface area contributed by atoms with Crippen LogP contribution in [0.15, 0.2) is 23.9 Å². The van der Waals surface area contributed by atoms with E-state index in [1.54, 1.807) is 0 Å². The summed E-state index contributed by atoms with van der Waals surface area (Å²) < 4.78 is 1.89. The third-order valence-corrected chi connectivity index (χ3v) is 2.01. The van der Waals surface area contributed by atoms with Crippen LogP contribution in [0, 0.1) is 0 Å². The molecule has 1 aromatic heterocycles. The molecule has 1 heterocycles. The second-order valence-corrected chi connectivity index (χ2v) is 3.01. The van der Waals surface area contributed by atoms with Gasteiger partial charge in [-0.25, -0.2) is 0 Å². The summed E-state index contributed by atoms with van der Waals surface area (Å²) in [6.45, 7) is 1.77. The van der Waals surface area contributed by atoms with Crippen molar-refractivity contribution in [1.82, 2.24) is 15.1 Å². The highest BCUT2D eigenvalue weighted by Crippen LogP contribution is 1.95. The second-order valence-electron chi connectivity index (χ2n) is 2.76. The van der Waals surface area contributed by atoms with Crippen molar-refractivity contribution >= 4 is 11.6 Å². The van der Waals surface area contributed by atoms with E-state index in [4.69, 9.17) is 11.6 Å². The zero-order valence-corrected chi connectivity index (χ0v) is 8.46. The zero-order valence-electron chi connectivity index (χ0n) is 7.70. The van der Waals surface area contributed by atoms with Gasteiger partial charge in [-0.15, -0.1) is 0 Å². The molecule has 0 unspecified atom stereocenters. The SMILES string of the molecule is Cn1nccc1CCNC/C=C/Cl. The van der Waals surface area contributed by atoms with Gasteiger partial charge in [-0.05, 0) is 6.07 Å². The third-order valence-electron chi connectivity index (χ3n) is 1.83. The first-order valence-corrected chi connectivity index (χ1v) is 4.71. The highest BCUT2D eigenvalue weighted by atomic mass is 35.5. The van der Waals surface area contributed by atoms with E-state index in [2.05, 4.69) is 10.4 Å². The van der Waals surface area contributed by atoms with Gasteiger partial charge < -0.3 is 5.32 Å². The number of hydrogen-bond acceptors (Lipinski definition) is 2. The summed E-state index contributed by atoms with van der Waals surface area (Å²) in [5.41, 5.74) is 2.76. The predicted molar refractivity (Wildman–Crippen MR) is 54.8 cm³/mol. The van der Waals surface area contributed by atoms with E-state index in [9.17, 15) is 0 Å². The lowest BCUT2D eigenvalue weighted by Gasteiger charge is -2.01. The number of hydrogen-bond donors (Lipinski definition) is 1. The molecule has 1 rings (SSSR count). The Morgan fingerprint density at radius 2 is 2.54 bits per heavy atom. The normalized spacial score (nSPS) is 11.2. The van der Waals surface area contributed by atoms with Crippen LogP contribution < -0.4 is 5.32 Å². The molecule has 0 fully saturated rings. The predicted octanol–water partition coefficient (Wildman–Crippen LogP) is 1.30. The maximum absolute atomic E-state index is 5.37. The van der Waals surface area contributed by atoms with Crippen LogP contribution in [0.4, 0.5) is 0 Å². The summed E-state index contributed by atoms with van der Waals surface area (Å²) in [4.78, 5) is 0. The highest BCUT2D eigenvalue weighted by molar-refractivity contribution is 6.25. The lowest BCUT2D eigenvalue weighted by molar-refractivity contribution is 0.668. The number of nitrogens with zero attached hydrogens (tertiary/aromatic N) is 2. The number of aromatic nitrogens is 2. The van der Waals surface area contributed by atoms with Crippen molar-refractivity contribution in [2.45, 2.75) is 6.42 Å². The minimum atomic E-state index is 0.821. The van der Waals surface area contributed by atoms with Crippen LogP contribution in [-0.4, -0.2) is 22.9 Å². The monoisotopic (exact) mass is 199 g/mol. The van der Waals surface area contributed by atoms with Crippen molar-refractivity contribution in [2.75, 3.05) is 13.1 Å². The maximum Gasteiger partial charge on any atom is 0.0492 e. The summed E-state index contributed by atoms with van der Waals surface area (Å²) in [5, 5.41) is 7.32. The van der Waals surface area contributed by atoms with Crippen LogP contribution >= 0.6 is 11.6 Å². The Hall–Kier alpha value is -0.800. The van der Waals surface area contributed by atoms with Crippen molar-refractivity contribution in [3.8, 4) is 0 Å². The number of halogens is 1. The molecule has 0 atom stereocenters. The van der Waals surface area contributed by atoms with Crippen LogP contribution in [0.2, 0.25) is 0 Å². The average molecular weight is 200 g/mol. The molecule has 0 bridgehead atoms. The van der Waals surface area contributed by atoms with Crippen LogP contribution in [-0.2, 0) is 13.5 Å². The van der Waals surface area contributed by atoms with Gasteiger partial charge in [0.15, 0.2) is 0 Å². The first kappa shape index (κ1) is 10.3. The molecular formula is C9H14ClN3. The first-order valence-electron chi connectivity index (χ1n) is 4.27. The van der Waals surface area contributed by atoms with Gasteiger partial charge in [0.25, 0.3) is 0 Å². The Kier molecular flexibility index (Phi) is 4.57. The molecule has 0 aromatic carbocycles. The zero-order chi connectivity index (χ0) is 9.52. The minimum absolute atomic E-state index is 0.821. The van der Waals surface area contributed by atoms with Gasteiger partial charge >= 0.3 is 0 Å². The van der Waals surface area contributed by atoms with E-state index in [-0.39, 0.29) is 0 Å². The standard InChI is InChI=1S/C9H14ClN3/c1-13-9(4-8-12-13)3-7-11-6-2-5-10/h2,4-5,8,11H,3,6-7H2,1H3/b5-2+. The topological polar surface area (TPSA) is 29.9 Å². The van der Waals surface area contributed by atoms with E-state index in [1.165, 1.54) is 11.2 Å². The van der Waals surface area contributed by atoms with E-state index in [1.807, 2.05) is 30.1 Å². The fraction of sp³-hybridized carbons (Fsp3) is 0.444. The van der Waals surface area contributed by atoms with Crippen LogP contribution in [0.3, 0.4) is 0 Å². The lowest BCUT2D eigenvalue weighted by Crippen LogP contribution is -2.18. The lowest BCUT2D eigenvalue weighted by atomic mass is 10.3. The minimum Gasteiger partial charge on any atom is -0.313 e. The molecule has 0 aliphatic carbocycles. The Bertz CT molecular complexity index is 268. The van der Waals surface area contributed by atoms with Crippen LogP contribution in [0.1, 0.15) is 5.69 Å². The number of aryl methyl sites for hydroxylation is 1. The highest BCUT2D eigenvalue weighted by Gasteiger charge is 1.95. The Morgan fingerprint density at radius 3 is 3.15 bits per heavy atom. The van der Waals surface area contributed by atoms with Crippen LogP contribution in [0.25, 0.3) is 0 Å². The molecule has 13 heavy (non-hydrogen) atoms. The largest absolute Gasteiger partial charge is 0.313 e. The Labute approximate surface area is 83.4 Å². The van der Waals surface area contributed by atoms with E-state index in [0.29, 0.717) is 0 Å². The van der Waals surface area contributed by atoms with Crippen molar-refractivity contribution in [3.63, 3.8) is 0 Å². The van der Waals surface area contributed by atoms with Gasteiger partial charge in [0.05, 0.1) is 0 Å². The number of rotatable bonds is 5. The Morgan fingerprint density at radius 1 is 1.69 bits per heavy atom. The molecule has 0 saturated heterocycles. The number of nitrogens with one attached hydrogen (secondary N) is 1. The first-order chi connectivity index (χ1) is 6.34.